The van der Waals surface area contributed by atoms with Crippen LogP contribution in [-0.4, -0.2) is 52.5 Å². The molecule has 0 saturated carbocycles. The Bertz CT molecular complexity index is 510. The van der Waals surface area contributed by atoms with Crippen molar-refractivity contribution >= 4 is 26.0 Å². The number of piperidine rings is 1. The number of halogens is 1. The minimum absolute atomic E-state index is 0.00786. The predicted molar refractivity (Wildman–Crippen MR) is 67.3 cm³/mol. The van der Waals surface area contributed by atoms with Crippen LogP contribution < -0.4 is 0 Å². The lowest BCUT2D eigenvalue weighted by molar-refractivity contribution is 0.165. The van der Waals surface area contributed by atoms with Gasteiger partial charge in [-0.2, -0.15) is 4.31 Å². The summed E-state index contributed by atoms with van der Waals surface area (Å²) >= 11 is 3.10. The number of hydrogen-bond donors (Lipinski definition) is 1. The molecule has 0 aliphatic carbocycles. The van der Waals surface area contributed by atoms with Crippen LogP contribution in [-0.2, 0) is 17.1 Å². The molecule has 1 unspecified atom stereocenters. The van der Waals surface area contributed by atoms with Crippen LogP contribution in [0.25, 0.3) is 0 Å². The second kappa shape index (κ2) is 5.24. The molecule has 0 amide bonds. The van der Waals surface area contributed by atoms with E-state index in [0.29, 0.717) is 13.1 Å². The van der Waals surface area contributed by atoms with Gasteiger partial charge in [0.05, 0.1) is 0 Å². The third kappa shape index (κ3) is 2.44. The fraction of sp³-hybridized carbons (Fsp3) is 0.778. The van der Waals surface area contributed by atoms with Gasteiger partial charge in [-0.25, -0.2) is 13.1 Å². The van der Waals surface area contributed by atoms with Gasteiger partial charge in [0.25, 0.3) is 10.0 Å². The average Bonchev–Trinajstić information content (AvgIpc) is 2.69. The van der Waals surface area contributed by atoms with E-state index in [1.807, 2.05) is 0 Å². The lowest BCUT2D eigenvalue weighted by atomic mass is 10.0. The van der Waals surface area contributed by atoms with Crippen molar-refractivity contribution in [3.63, 3.8) is 0 Å². The first kappa shape index (κ1) is 13.9. The first-order chi connectivity index (χ1) is 8.46. The molecule has 0 bridgehead atoms. The molecule has 1 aromatic heterocycles. The van der Waals surface area contributed by atoms with Crippen molar-refractivity contribution in [1.29, 1.82) is 0 Å². The number of hydrogen-bond acceptors (Lipinski definition) is 5. The van der Waals surface area contributed by atoms with E-state index in [-0.39, 0.29) is 22.2 Å². The molecule has 1 N–H and O–H groups in total. The molecule has 1 saturated heterocycles. The van der Waals surface area contributed by atoms with Gasteiger partial charge < -0.3 is 5.11 Å². The van der Waals surface area contributed by atoms with Crippen LogP contribution in [0.5, 0.6) is 0 Å². The molecule has 1 aromatic rings. The van der Waals surface area contributed by atoms with E-state index in [0.717, 1.165) is 12.8 Å². The van der Waals surface area contributed by atoms with Gasteiger partial charge in [-0.1, -0.05) is 5.21 Å². The monoisotopic (exact) mass is 338 g/mol. The van der Waals surface area contributed by atoms with Gasteiger partial charge in [0, 0.05) is 26.7 Å². The van der Waals surface area contributed by atoms with E-state index >= 15 is 0 Å². The predicted octanol–water partition coefficient (Wildman–Crippen LogP) is -0.0294. The molecule has 0 radical (unpaired) electrons. The first-order valence-electron chi connectivity index (χ1n) is 5.63. The maximum atomic E-state index is 12.5. The van der Waals surface area contributed by atoms with Gasteiger partial charge in [0.15, 0.2) is 4.60 Å². The van der Waals surface area contributed by atoms with E-state index in [2.05, 4.69) is 26.2 Å². The zero-order chi connectivity index (χ0) is 13.3. The van der Waals surface area contributed by atoms with Crippen molar-refractivity contribution in [3.8, 4) is 0 Å². The normalized spacial score (nSPS) is 22.3. The molecule has 1 aliphatic rings. The van der Waals surface area contributed by atoms with E-state index in [1.165, 1.54) is 16.0 Å². The Morgan fingerprint density at radius 3 is 2.83 bits per heavy atom. The number of aryl methyl sites for hydroxylation is 1. The fourth-order valence-corrected chi connectivity index (χ4v) is 4.70. The van der Waals surface area contributed by atoms with Crippen LogP contribution in [0.15, 0.2) is 9.63 Å². The smallest absolute Gasteiger partial charge is 0.263 e. The Hall–Kier alpha value is -0.510. The Kier molecular flexibility index (Phi) is 4.05. The molecule has 7 nitrogen and oxygen atoms in total. The second-order valence-corrected chi connectivity index (χ2v) is 6.97. The van der Waals surface area contributed by atoms with Crippen LogP contribution in [0.3, 0.4) is 0 Å². The molecule has 18 heavy (non-hydrogen) atoms. The summed E-state index contributed by atoms with van der Waals surface area (Å²) in [4.78, 5) is 0. The zero-order valence-corrected chi connectivity index (χ0v) is 12.4. The van der Waals surface area contributed by atoms with Gasteiger partial charge >= 0.3 is 0 Å². The summed E-state index contributed by atoms with van der Waals surface area (Å²) in [6.45, 7) is 0.823. The minimum Gasteiger partial charge on any atom is -0.396 e. The van der Waals surface area contributed by atoms with E-state index in [9.17, 15) is 8.42 Å². The Morgan fingerprint density at radius 2 is 2.28 bits per heavy atom. The SMILES string of the molecule is Cn1nnc(Br)c1S(=O)(=O)N1CCCC(CO)C1. The largest absolute Gasteiger partial charge is 0.396 e. The molecule has 0 spiro atoms. The molecule has 1 atom stereocenters. The van der Waals surface area contributed by atoms with Crippen molar-refractivity contribution in [1.82, 2.24) is 19.3 Å². The van der Waals surface area contributed by atoms with Gasteiger partial charge in [-0.05, 0) is 34.7 Å². The van der Waals surface area contributed by atoms with Crippen molar-refractivity contribution < 1.29 is 13.5 Å². The molecule has 1 aliphatic heterocycles. The number of sulfonamides is 1. The van der Waals surface area contributed by atoms with Gasteiger partial charge in [0.2, 0.25) is 5.03 Å². The molecule has 9 heteroatoms. The number of aliphatic hydroxyl groups excluding tert-OH is 1. The van der Waals surface area contributed by atoms with E-state index in [4.69, 9.17) is 5.11 Å². The highest BCUT2D eigenvalue weighted by atomic mass is 79.9. The summed E-state index contributed by atoms with van der Waals surface area (Å²) in [5, 5.41) is 16.6. The van der Waals surface area contributed by atoms with Gasteiger partial charge in [0.1, 0.15) is 0 Å². The third-order valence-electron chi connectivity index (χ3n) is 3.06. The number of rotatable bonds is 3. The molecule has 102 valence electrons. The molecule has 2 heterocycles. The molecule has 2 rings (SSSR count). The summed E-state index contributed by atoms with van der Waals surface area (Å²) in [6, 6.07) is 0. The summed E-state index contributed by atoms with van der Waals surface area (Å²) in [7, 11) is -2.07. The fourth-order valence-electron chi connectivity index (χ4n) is 2.11. The Labute approximate surface area is 114 Å². The maximum absolute atomic E-state index is 12.5. The van der Waals surface area contributed by atoms with E-state index < -0.39 is 10.0 Å². The Balaban J connectivity index is 2.31. The van der Waals surface area contributed by atoms with Crippen molar-refractivity contribution in [2.24, 2.45) is 13.0 Å². The Morgan fingerprint density at radius 1 is 1.56 bits per heavy atom. The second-order valence-electron chi connectivity index (χ2n) is 4.36. The topological polar surface area (TPSA) is 88.3 Å². The minimum atomic E-state index is -3.61. The van der Waals surface area contributed by atoms with Crippen LogP contribution in [0.2, 0.25) is 0 Å². The van der Waals surface area contributed by atoms with Crippen LogP contribution in [0, 0.1) is 5.92 Å². The van der Waals surface area contributed by atoms with Crippen molar-refractivity contribution in [2.45, 2.75) is 17.9 Å². The highest BCUT2D eigenvalue weighted by Gasteiger charge is 2.34. The van der Waals surface area contributed by atoms with Crippen LogP contribution in [0.4, 0.5) is 0 Å². The third-order valence-corrected chi connectivity index (χ3v) is 5.82. The number of nitrogens with zero attached hydrogens (tertiary/aromatic N) is 4. The number of aliphatic hydroxyl groups is 1. The lowest BCUT2D eigenvalue weighted by Gasteiger charge is -2.30. The average molecular weight is 339 g/mol. The summed E-state index contributed by atoms with van der Waals surface area (Å²) in [5.41, 5.74) is 0. The van der Waals surface area contributed by atoms with Crippen LogP contribution in [0.1, 0.15) is 12.8 Å². The van der Waals surface area contributed by atoms with E-state index in [1.54, 1.807) is 0 Å². The lowest BCUT2D eigenvalue weighted by Crippen LogP contribution is -2.41. The van der Waals surface area contributed by atoms with Gasteiger partial charge in [-0.15, -0.1) is 5.10 Å². The highest BCUT2D eigenvalue weighted by molar-refractivity contribution is 9.10. The van der Waals surface area contributed by atoms with Crippen molar-refractivity contribution in [3.05, 3.63) is 4.60 Å². The quantitative estimate of drug-likeness (QED) is 0.836. The standard InChI is InChI=1S/C9H15BrN4O3S/c1-13-9(8(10)11-12-13)18(16,17)14-4-2-3-7(5-14)6-15/h7,15H,2-6H2,1H3. The first-order valence-corrected chi connectivity index (χ1v) is 7.86. The summed E-state index contributed by atoms with van der Waals surface area (Å²) < 4.78 is 27.8. The molecular formula is C9H15BrN4O3S. The molecule has 0 aromatic carbocycles. The zero-order valence-electron chi connectivity index (χ0n) is 9.95. The molecule has 1 fully saturated rings. The maximum Gasteiger partial charge on any atom is 0.263 e. The summed E-state index contributed by atoms with van der Waals surface area (Å²) in [5.74, 6) is 0.00786. The summed E-state index contributed by atoms with van der Waals surface area (Å²) in [6.07, 6.45) is 1.61. The number of aromatic nitrogens is 3. The highest BCUT2D eigenvalue weighted by Crippen LogP contribution is 2.26. The van der Waals surface area contributed by atoms with Crippen molar-refractivity contribution in [2.75, 3.05) is 19.7 Å². The molecular weight excluding hydrogens is 324 g/mol. The van der Waals surface area contributed by atoms with Crippen LogP contribution >= 0.6 is 15.9 Å². The van der Waals surface area contributed by atoms with Gasteiger partial charge in [-0.3, -0.25) is 0 Å².